The summed E-state index contributed by atoms with van der Waals surface area (Å²) in [6, 6.07) is 4.06. The molecule has 0 aromatic heterocycles. The fourth-order valence-electron chi connectivity index (χ4n) is 2.50. The number of amides is 1. The average Bonchev–Trinajstić information content (AvgIpc) is 2.82. The van der Waals surface area contributed by atoms with E-state index in [2.05, 4.69) is 0 Å². The van der Waals surface area contributed by atoms with Gasteiger partial charge in [-0.25, -0.2) is 4.39 Å². The van der Waals surface area contributed by atoms with Crippen LogP contribution in [0.1, 0.15) is 25.8 Å². The Balaban J connectivity index is 2.00. The normalized spacial score (nSPS) is 19.4. The summed E-state index contributed by atoms with van der Waals surface area (Å²) < 4.78 is 13.0. The number of hydrogen-bond acceptors (Lipinski definition) is 2. The Morgan fingerprint density at radius 2 is 2.25 bits per heavy atom. The van der Waals surface area contributed by atoms with Crippen LogP contribution in [0.4, 0.5) is 4.39 Å². The van der Waals surface area contributed by atoms with Gasteiger partial charge in [0, 0.05) is 24.0 Å². The molecule has 1 aliphatic rings. The number of benzene rings is 1. The van der Waals surface area contributed by atoms with Gasteiger partial charge in [-0.2, -0.15) is 0 Å². The number of aliphatic hydroxyl groups is 1. The second-order valence-electron chi connectivity index (χ2n) is 5.89. The van der Waals surface area contributed by atoms with E-state index in [0.717, 1.165) is 6.42 Å². The van der Waals surface area contributed by atoms with Crippen molar-refractivity contribution in [1.29, 1.82) is 0 Å². The van der Waals surface area contributed by atoms with Gasteiger partial charge in [0.15, 0.2) is 0 Å². The Hall–Kier alpha value is -1.13. The van der Waals surface area contributed by atoms with E-state index in [9.17, 15) is 14.3 Å². The fraction of sp³-hybridized carbons (Fsp3) is 0.533. The minimum Gasteiger partial charge on any atom is -0.390 e. The highest BCUT2D eigenvalue weighted by molar-refractivity contribution is 6.31. The Kier molecular flexibility index (Phi) is 4.35. The zero-order valence-electron chi connectivity index (χ0n) is 11.7. The molecule has 1 atom stereocenters. The molecule has 0 spiro atoms. The molecule has 0 saturated carbocycles. The Labute approximate surface area is 123 Å². The number of rotatable bonds is 3. The highest BCUT2D eigenvalue weighted by Gasteiger charge is 2.35. The summed E-state index contributed by atoms with van der Waals surface area (Å²) in [4.78, 5) is 14.0. The molecule has 3 nitrogen and oxygen atoms in total. The van der Waals surface area contributed by atoms with E-state index in [4.69, 9.17) is 11.6 Å². The maximum Gasteiger partial charge on any atom is 0.227 e. The molecule has 110 valence electrons. The number of hydrogen-bond donors (Lipinski definition) is 1. The summed E-state index contributed by atoms with van der Waals surface area (Å²) in [7, 11) is 0. The molecule has 0 bridgehead atoms. The monoisotopic (exact) mass is 299 g/mol. The van der Waals surface area contributed by atoms with Crippen LogP contribution >= 0.6 is 11.6 Å². The van der Waals surface area contributed by atoms with Crippen molar-refractivity contribution in [3.8, 4) is 0 Å². The van der Waals surface area contributed by atoms with Crippen molar-refractivity contribution >= 4 is 17.5 Å². The molecule has 0 aliphatic carbocycles. The summed E-state index contributed by atoms with van der Waals surface area (Å²) in [5.74, 6) is -0.352. The molecule has 1 saturated heterocycles. The quantitative estimate of drug-likeness (QED) is 0.932. The topological polar surface area (TPSA) is 40.5 Å². The second kappa shape index (κ2) is 5.70. The molecule has 1 aromatic rings. The smallest absolute Gasteiger partial charge is 0.227 e. The van der Waals surface area contributed by atoms with Crippen LogP contribution in [0.25, 0.3) is 0 Å². The first-order valence-corrected chi connectivity index (χ1v) is 7.09. The van der Waals surface area contributed by atoms with E-state index in [1.807, 2.05) is 0 Å². The van der Waals surface area contributed by atoms with Gasteiger partial charge in [0.1, 0.15) is 5.82 Å². The van der Waals surface area contributed by atoms with Crippen molar-refractivity contribution in [3.63, 3.8) is 0 Å². The van der Waals surface area contributed by atoms with Crippen molar-refractivity contribution in [2.45, 2.75) is 32.3 Å². The number of nitrogens with zero attached hydrogens (tertiary/aromatic N) is 1. The third kappa shape index (κ3) is 3.49. The van der Waals surface area contributed by atoms with Crippen LogP contribution in [0.3, 0.4) is 0 Å². The Morgan fingerprint density at radius 3 is 2.80 bits per heavy atom. The van der Waals surface area contributed by atoms with Gasteiger partial charge in [-0.15, -0.1) is 0 Å². The first-order valence-electron chi connectivity index (χ1n) is 6.71. The Morgan fingerprint density at radius 1 is 1.55 bits per heavy atom. The maximum absolute atomic E-state index is 13.0. The number of likely N-dealkylation sites (tertiary alicyclic amines) is 1. The highest BCUT2D eigenvalue weighted by Crippen LogP contribution is 2.28. The molecular weight excluding hydrogens is 281 g/mol. The van der Waals surface area contributed by atoms with Gasteiger partial charge in [-0.05, 0) is 38.0 Å². The van der Waals surface area contributed by atoms with Crippen molar-refractivity contribution in [2.75, 3.05) is 13.1 Å². The molecular formula is C15H19ClFNO2. The fourth-order valence-corrected chi connectivity index (χ4v) is 2.74. The third-order valence-corrected chi connectivity index (χ3v) is 4.25. The number of halogens is 2. The van der Waals surface area contributed by atoms with E-state index in [0.29, 0.717) is 18.7 Å². The lowest BCUT2D eigenvalue weighted by Gasteiger charge is -2.25. The van der Waals surface area contributed by atoms with E-state index >= 15 is 0 Å². The van der Waals surface area contributed by atoms with E-state index in [1.165, 1.54) is 12.1 Å². The molecule has 20 heavy (non-hydrogen) atoms. The molecule has 1 amide bonds. The number of carbonyl (C=O) groups is 1. The third-order valence-electron chi connectivity index (χ3n) is 3.90. The van der Waals surface area contributed by atoms with Gasteiger partial charge in [-0.1, -0.05) is 17.7 Å². The van der Waals surface area contributed by atoms with Crippen molar-refractivity contribution in [2.24, 2.45) is 5.92 Å². The lowest BCUT2D eigenvalue weighted by atomic mass is 9.90. The molecule has 1 aromatic carbocycles. The van der Waals surface area contributed by atoms with E-state index < -0.39 is 11.4 Å². The maximum atomic E-state index is 13.0. The van der Waals surface area contributed by atoms with Crippen molar-refractivity contribution < 1.29 is 14.3 Å². The van der Waals surface area contributed by atoms with Gasteiger partial charge in [0.2, 0.25) is 5.91 Å². The van der Waals surface area contributed by atoms with Crippen LogP contribution in [-0.2, 0) is 11.2 Å². The molecule has 1 heterocycles. The molecule has 0 radical (unpaired) electrons. The zero-order valence-corrected chi connectivity index (χ0v) is 12.5. The largest absolute Gasteiger partial charge is 0.390 e. The summed E-state index contributed by atoms with van der Waals surface area (Å²) >= 11 is 5.93. The van der Waals surface area contributed by atoms with Crippen LogP contribution in [0.2, 0.25) is 5.02 Å². The van der Waals surface area contributed by atoms with Gasteiger partial charge < -0.3 is 10.0 Å². The van der Waals surface area contributed by atoms with Crippen LogP contribution in [0.15, 0.2) is 18.2 Å². The second-order valence-corrected chi connectivity index (χ2v) is 6.30. The summed E-state index contributed by atoms with van der Waals surface area (Å²) in [6.45, 7) is 4.73. The molecule has 1 aliphatic heterocycles. The molecule has 1 fully saturated rings. The van der Waals surface area contributed by atoms with E-state index in [1.54, 1.807) is 24.8 Å². The van der Waals surface area contributed by atoms with Crippen molar-refractivity contribution in [3.05, 3.63) is 34.6 Å². The van der Waals surface area contributed by atoms with Crippen LogP contribution in [0, 0.1) is 11.7 Å². The zero-order chi connectivity index (χ0) is 14.9. The molecule has 1 N–H and O–H groups in total. The molecule has 5 heteroatoms. The first kappa shape index (κ1) is 15.3. The standard InChI is InChI=1S/C15H19ClFNO2/c1-15(2,20)11-5-6-18(9-11)14(19)7-10-3-4-12(17)8-13(10)16/h3-4,8,11,20H,5-7,9H2,1-2H3. The van der Waals surface area contributed by atoms with E-state index in [-0.39, 0.29) is 23.3 Å². The summed E-state index contributed by atoms with van der Waals surface area (Å²) in [5, 5.41) is 10.3. The Bertz CT molecular complexity index is 513. The summed E-state index contributed by atoms with van der Waals surface area (Å²) in [5.41, 5.74) is -0.146. The predicted molar refractivity (Wildman–Crippen MR) is 76.1 cm³/mol. The highest BCUT2D eigenvalue weighted by atomic mass is 35.5. The van der Waals surface area contributed by atoms with Gasteiger partial charge in [-0.3, -0.25) is 4.79 Å². The minimum absolute atomic E-state index is 0.0368. The number of carbonyl (C=O) groups excluding carboxylic acids is 1. The van der Waals surface area contributed by atoms with Crippen LogP contribution in [0.5, 0.6) is 0 Å². The summed E-state index contributed by atoms with van der Waals surface area (Å²) in [6.07, 6.45) is 0.962. The average molecular weight is 300 g/mol. The lowest BCUT2D eigenvalue weighted by molar-refractivity contribution is -0.129. The minimum atomic E-state index is -0.775. The molecule has 2 rings (SSSR count). The predicted octanol–water partition coefficient (Wildman–Crippen LogP) is 2.64. The lowest BCUT2D eigenvalue weighted by Crippen LogP contribution is -2.36. The van der Waals surface area contributed by atoms with Crippen molar-refractivity contribution in [1.82, 2.24) is 4.90 Å². The van der Waals surface area contributed by atoms with Crippen LogP contribution < -0.4 is 0 Å². The first-order chi connectivity index (χ1) is 9.27. The van der Waals surface area contributed by atoms with Gasteiger partial charge in [0.25, 0.3) is 0 Å². The van der Waals surface area contributed by atoms with Crippen LogP contribution in [-0.4, -0.2) is 34.6 Å². The van der Waals surface area contributed by atoms with Gasteiger partial charge in [0.05, 0.1) is 12.0 Å². The van der Waals surface area contributed by atoms with Gasteiger partial charge >= 0.3 is 0 Å². The SMILES string of the molecule is CC(C)(O)C1CCN(C(=O)Cc2ccc(F)cc2Cl)C1. The molecule has 1 unspecified atom stereocenters.